The van der Waals surface area contributed by atoms with Crippen LogP contribution in [0.2, 0.25) is 5.02 Å². The van der Waals surface area contributed by atoms with Gasteiger partial charge < -0.3 is 5.32 Å². The van der Waals surface area contributed by atoms with Gasteiger partial charge in [-0.3, -0.25) is 0 Å². The number of nitrogens with zero attached hydrogens (tertiary/aromatic N) is 1. The first-order valence-corrected chi connectivity index (χ1v) is 7.65. The molecule has 0 aliphatic carbocycles. The first kappa shape index (κ1) is 11.4. The molecular formula is C12H11ClN2S2. The molecule has 5 heteroatoms. The largest absolute Gasteiger partial charge is 0.355 e. The summed E-state index contributed by atoms with van der Waals surface area (Å²) in [7, 11) is 0. The van der Waals surface area contributed by atoms with E-state index in [2.05, 4.69) is 22.4 Å². The summed E-state index contributed by atoms with van der Waals surface area (Å²) in [4.78, 5) is 5.60. The van der Waals surface area contributed by atoms with Crippen LogP contribution in [-0.4, -0.2) is 10.7 Å². The molecule has 2 heterocycles. The highest BCUT2D eigenvalue weighted by atomic mass is 35.5. The minimum absolute atomic E-state index is 0.330. The highest BCUT2D eigenvalue weighted by molar-refractivity contribution is 7.99. The first-order valence-electron chi connectivity index (χ1n) is 5.41. The molecular weight excluding hydrogens is 272 g/mol. The lowest BCUT2D eigenvalue weighted by atomic mass is 10.0. The van der Waals surface area contributed by atoms with Crippen LogP contribution in [-0.2, 0) is 0 Å². The van der Waals surface area contributed by atoms with Crippen LogP contribution < -0.4 is 5.32 Å². The maximum absolute atomic E-state index is 6.07. The summed E-state index contributed by atoms with van der Waals surface area (Å²) < 4.78 is 0. The Bertz CT molecular complexity index is 513. The smallest absolute Gasteiger partial charge is 0.183 e. The Kier molecular flexibility index (Phi) is 3.27. The molecule has 0 saturated carbocycles. The average Bonchev–Trinajstić information content (AvgIpc) is 2.83. The van der Waals surface area contributed by atoms with Crippen molar-refractivity contribution in [3.63, 3.8) is 0 Å². The minimum atomic E-state index is 0.330. The van der Waals surface area contributed by atoms with E-state index in [1.165, 1.54) is 10.5 Å². The van der Waals surface area contributed by atoms with Gasteiger partial charge in [-0.05, 0) is 30.2 Å². The number of nitrogens with one attached hydrogen (secondary N) is 1. The van der Waals surface area contributed by atoms with E-state index < -0.39 is 0 Å². The number of hydrogen-bond donors (Lipinski definition) is 1. The Morgan fingerprint density at radius 2 is 2.35 bits per heavy atom. The maximum Gasteiger partial charge on any atom is 0.183 e. The molecule has 1 aliphatic heterocycles. The zero-order valence-electron chi connectivity index (χ0n) is 9.02. The summed E-state index contributed by atoms with van der Waals surface area (Å²) in [5.74, 6) is 1.14. The molecule has 2 nitrogen and oxygen atoms in total. The summed E-state index contributed by atoms with van der Waals surface area (Å²) in [6.45, 7) is 0. The predicted molar refractivity (Wildman–Crippen MR) is 75.3 cm³/mol. The molecule has 1 aromatic carbocycles. The number of aromatic nitrogens is 1. The number of anilines is 1. The van der Waals surface area contributed by atoms with E-state index in [4.69, 9.17) is 11.6 Å². The van der Waals surface area contributed by atoms with Crippen molar-refractivity contribution in [2.75, 3.05) is 11.1 Å². The van der Waals surface area contributed by atoms with Crippen molar-refractivity contribution in [1.29, 1.82) is 0 Å². The Morgan fingerprint density at radius 1 is 1.41 bits per heavy atom. The van der Waals surface area contributed by atoms with Gasteiger partial charge in [0.1, 0.15) is 0 Å². The lowest BCUT2D eigenvalue weighted by Gasteiger charge is -2.25. The van der Waals surface area contributed by atoms with Crippen molar-refractivity contribution in [3.05, 3.63) is 40.4 Å². The summed E-state index contributed by atoms with van der Waals surface area (Å²) in [5, 5.41) is 7.25. The average molecular weight is 283 g/mol. The molecule has 2 aromatic rings. The minimum Gasteiger partial charge on any atom is -0.355 e. The van der Waals surface area contributed by atoms with Gasteiger partial charge in [0.15, 0.2) is 5.13 Å². The van der Waals surface area contributed by atoms with Gasteiger partial charge in [0.05, 0.1) is 6.04 Å². The topological polar surface area (TPSA) is 24.9 Å². The normalized spacial score (nSPS) is 18.8. The number of thioether (sulfide) groups is 1. The van der Waals surface area contributed by atoms with Gasteiger partial charge in [0.25, 0.3) is 0 Å². The Morgan fingerprint density at radius 3 is 3.18 bits per heavy atom. The van der Waals surface area contributed by atoms with Crippen LogP contribution in [0.5, 0.6) is 0 Å². The van der Waals surface area contributed by atoms with Crippen LogP contribution in [0, 0.1) is 0 Å². The first-order chi connectivity index (χ1) is 8.33. The summed E-state index contributed by atoms with van der Waals surface area (Å²) in [6, 6.07) is 6.46. The summed E-state index contributed by atoms with van der Waals surface area (Å²) in [5.41, 5.74) is 1.30. The van der Waals surface area contributed by atoms with Crippen LogP contribution in [0.3, 0.4) is 0 Å². The second kappa shape index (κ2) is 4.88. The van der Waals surface area contributed by atoms with Crippen molar-refractivity contribution >= 4 is 39.8 Å². The zero-order chi connectivity index (χ0) is 11.7. The van der Waals surface area contributed by atoms with Crippen LogP contribution in [0.4, 0.5) is 5.13 Å². The zero-order valence-corrected chi connectivity index (χ0v) is 11.4. The molecule has 0 spiro atoms. The Balaban J connectivity index is 1.90. The fourth-order valence-electron chi connectivity index (χ4n) is 1.96. The van der Waals surface area contributed by atoms with Gasteiger partial charge in [-0.2, -0.15) is 0 Å². The number of rotatable bonds is 2. The lowest BCUT2D eigenvalue weighted by Crippen LogP contribution is -2.15. The van der Waals surface area contributed by atoms with E-state index in [1.54, 1.807) is 11.3 Å². The molecule has 0 fully saturated rings. The van der Waals surface area contributed by atoms with Gasteiger partial charge in [-0.1, -0.05) is 11.6 Å². The number of fused-ring (bicyclic) bond motifs is 1. The fraction of sp³-hybridized carbons (Fsp3) is 0.250. The second-order valence-corrected chi connectivity index (χ2v) is 6.32. The van der Waals surface area contributed by atoms with Crippen LogP contribution >= 0.6 is 34.7 Å². The van der Waals surface area contributed by atoms with Gasteiger partial charge in [0.2, 0.25) is 0 Å². The molecule has 88 valence electrons. The molecule has 0 amide bonds. The van der Waals surface area contributed by atoms with Crippen molar-refractivity contribution < 1.29 is 0 Å². The van der Waals surface area contributed by atoms with Crippen molar-refractivity contribution in [2.45, 2.75) is 17.4 Å². The van der Waals surface area contributed by atoms with Crippen LogP contribution in [0.15, 0.2) is 34.7 Å². The van der Waals surface area contributed by atoms with E-state index in [0.717, 1.165) is 22.3 Å². The van der Waals surface area contributed by atoms with Crippen molar-refractivity contribution in [3.8, 4) is 0 Å². The van der Waals surface area contributed by atoms with E-state index in [0.29, 0.717) is 6.04 Å². The molecule has 3 rings (SSSR count). The number of benzene rings is 1. The molecule has 0 saturated heterocycles. The third-order valence-electron chi connectivity index (χ3n) is 2.74. The molecule has 1 atom stereocenters. The predicted octanol–water partition coefficient (Wildman–Crippen LogP) is 4.45. The van der Waals surface area contributed by atoms with E-state index in [9.17, 15) is 0 Å². The lowest BCUT2D eigenvalue weighted by molar-refractivity contribution is 0.727. The molecule has 1 N–H and O–H groups in total. The molecule has 0 bridgehead atoms. The quantitative estimate of drug-likeness (QED) is 0.881. The van der Waals surface area contributed by atoms with Crippen molar-refractivity contribution in [1.82, 2.24) is 4.98 Å². The summed E-state index contributed by atoms with van der Waals surface area (Å²) >= 11 is 9.61. The third kappa shape index (κ3) is 2.44. The molecule has 17 heavy (non-hydrogen) atoms. The fourth-order valence-corrected chi connectivity index (χ4v) is 3.83. The van der Waals surface area contributed by atoms with Crippen molar-refractivity contribution in [2.24, 2.45) is 0 Å². The van der Waals surface area contributed by atoms with Crippen LogP contribution in [0.25, 0.3) is 0 Å². The maximum atomic E-state index is 6.07. The number of hydrogen-bond acceptors (Lipinski definition) is 4. The Hall–Kier alpha value is -0.710. The van der Waals surface area contributed by atoms with Gasteiger partial charge >= 0.3 is 0 Å². The Labute approximate surface area is 113 Å². The van der Waals surface area contributed by atoms with E-state index >= 15 is 0 Å². The monoisotopic (exact) mass is 282 g/mol. The summed E-state index contributed by atoms with van der Waals surface area (Å²) in [6.07, 6.45) is 2.93. The van der Waals surface area contributed by atoms with Gasteiger partial charge in [0, 0.05) is 27.2 Å². The van der Waals surface area contributed by atoms with Crippen LogP contribution in [0.1, 0.15) is 18.0 Å². The molecule has 1 unspecified atom stereocenters. The van der Waals surface area contributed by atoms with E-state index in [-0.39, 0.29) is 0 Å². The molecule has 1 aromatic heterocycles. The number of thiazole rings is 1. The number of halogens is 1. The molecule has 0 radical (unpaired) electrons. The molecule has 1 aliphatic rings. The third-order valence-corrected chi connectivity index (χ3v) is 4.80. The van der Waals surface area contributed by atoms with Gasteiger partial charge in [-0.25, -0.2) is 4.98 Å². The SMILES string of the molecule is Clc1ccc2c(c1)C(Nc1nccs1)CCS2. The van der Waals surface area contributed by atoms with E-state index in [1.807, 2.05) is 29.4 Å². The standard InChI is InChI=1S/C12H11ClN2S2/c13-8-1-2-11-9(7-8)10(3-5-16-11)15-12-14-4-6-17-12/h1-2,4,6-7,10H,3,5H2,(H,14,15). The van der Waals surface area contributed by atoms with Gasteiger partial charge in [-0.15, -0.1) is 23.1 Å². The highest BCUT2D eigenvalue weighted by Crippen LogP contribution is 2.39. The highest BCUT2D eigenvalue weighted by Gasteiger charge is 2.21. The second-order valence-electron chi connectivity index (χ2n) is 3.85.